The molecule has 206 valence electrons. The number of benzene rings is 1. The summed E-state index contributed by atoms with van der Waals surface area (Å²) in [4.78, 5) is 35.3. The van der Waals surface area contributed by atoms with Crippen LogP contribution in [0, 0.1) is 0 Å². The van der Waals surface area contributed by atoms with Crippen molar-refractivity contribution in [1.82, 2.24) is 19.9 Å². The van der Waals surface area contributed by atoms with Crippen molar-refractivity contribution in [3.63, 3.8) is 0 Å². The normalized spacial score (nSPS) is 13.4. The van der Waals surface area contributed by atoms with Gasteiger partial charge >= 0.3 is 184 Å². The average Bonchev–Trinajstić information content (AvgIpc) is 3.42. The molecule has 0 spiro atoms. The van der Waals surface area contributed by atoms with Gasteiger partial charge in [0.15, 0.2) is 0 Å². The van der Waals surface area contributed by atoms with Gasteiger partial charge in [-0.3, -0.25) is 0 Å². The van der Waals surface area contributed by atoms with Gasteiger partial charge in [0.2, 0.25) is 0 Å². The Morgan fingerprint density at radius 3 is 2.58 bits per heavy atom. The number of hydrogen-bond donors (Lipinski definition) is 2. The Morgan fingerprint density at radius 2 is 1.95 bits per heavy atom. The number of nitrogens with two attached hydrogens (primary N) is 1. The molecular formula is C26H39N6O4SSn+. The van der Waals surface area contributed by atoms with E-state index in [1.807, 2.05) is 39.2 Å². The van der Waals surface area contributed by atoms with Crippen molar-refractivity contribution in [2.24, 2.45) is 0 Å². The van der Waals surface area contributed by atoms with Gasteiger partial charge in [-0.1, -0.05) is 0 Å². The number of fused-ring (bicyclic) bond motifs is 2. The number of carbonyl (C=O) groups is 1. The Hall–Kier alpha value is -2.41. The number of imidazole rings is 1. The van der Waals surface area contributed by atoms with Crippen LogP contribution in [0.25, 0.3) is 11.2 Å². The topological polar surface area (TPSA) is 119 Å². The van der Waals surface area contributed by atoms with Crippen LogP contribution in [0.4, 0.5) is 10.6 Å². The number of nitrogen functional groups attached to an aromatic ring is 1. The molecule has 0 bridgehead atoms. The fourth-order valence-electron chi connectivity index (χ4n) is 4.18. The standard InChI is InChI=1S/C23H29N6O4S.3CH3.Sn/c1-14(2)29(22(30)33-23(3,4)5)10-6-9-28-12-25-19(24)18-20(28)27-21(26-18)34-15-7-8-16-17(11-15)32-13-31-16;;;;/h8,11-12,14H,6,9-10,13H2,1-5H3,(H2,24,26,27);3*1H3;/p+1. The first kappa shape index (κ1) is 28.6. The van der Waals surface area contributed by atoms with Gasteiger partial charge in [0, 0.05) is 0 Å². The van der Waals surface area contributed by atoms with Gasteiger partial charge in [-0.25, -0.2) is 4.79 Å². The van der Waals surface area contributed by atoms with Crippen LogP contribution < -0.4 is 23.4 Å². The zero-order valence-corrected chi connectivity index (χ0v) is 27.2. The molecule has 0 unspecified atom stereocenters. The molecule has 3 heterocycles. The summed E-state index contributed by atoms with van der Waals surface area (Å²) in [6, 6.07) is 4.23. The molecule has 0 aliphatic carbocycles. The van der Waals surface area contributed by atoms with Crippen molar-refractivity contribution in [3.8, 4) is 11.5 Å². The summed E-state index contributed by atoms with van der Waals surface area (Å²) in [5.74, 6) is 1.97. The molecule has 2 aromatic heterocycles. The Kier molecular flexibility index (Phi) is 8.27. The molecule has 4 rings (SSSR count). The Bertz CT molecular complexity index is 1330. The monoisotopic (exact) mass is 651 g/mol. The second kappa shape index (κ2) is 11.0. The third kappa shape index (κ3) is 6.59. The van der Waals surface area contributed by atoms with E-state index in [1.165, 1.54) is 3.58 Å². The van der Waals surface area contributed by atoms with Crippen molar-refractivity contribution >= 4 is 56.8 Å². The first-order valence-electron chi connectivity index (χ1n) is 12.9. The zero-order chi connectivity index (χ0) is 27.8. The summed E-state index contributed by atoms with van der Waals surface area (Å²) in [7, 11) is 0. The van der Waals surface area contributed by atoms with Gasteiger partial charge in [0.05, 0.1) is 0 Å². The smallest absolute Gasteiger partial charge is 0.444 e. The predicted molar refractivity (Wildman–Crippen MR) is 151 cm³/mol. The zero-order valence-electron chi connectivity index (χ0n) is 23.5. The number of ether oxygens (including phenoxy) is 3. The van der Waals surface area contributed by atoms with Gasteiger partial charge in [0.25, 0.3) is 0 Å². The number of aromatic amines is 1. The average molecular weight is 650 g/mol. The van der Waals surface area contributed by atoms with E-state index in [4.69, 9.17) is 24.9 Å². The first-order valence-corrected chi connectivity index (χ1v) is 23.7. The van der Waals surface area contributed by atoms with Crippen LogP contribution >= 0.6 is 11.8 Å². The van der Waals surface area contributed by atoms with E-state index in [-0.39, 0.29) is 18.9 Å². The number of nitrogens with one attached hydrogen (secondary N) is 1. The van der Waals surface area contributed by atoms with Gasteiger partial charge in [0.1, 0.15) is 5.60 Å². The summed E-state index contributed by atoms with van der Waals surface area (Å²) >= 11 is -0.911. The molecule has 38 heavy (non-hydrogen) atoms. The van der Waals surface area contributed by atoms with E-state index in [9.17, 15) is 4.79 Å². The summed E-state index contributed by atoms with van der Waals surface area (Å²) in [6.45, 7) is 11.0. The van der Waals surface area contributed by atoms with Crippen LogP contribution in [0.5, 0.6) is 11.5 Å². The Balaban J connectivity index is 1.55. The second-order valence-electron chi connectivity index (χ2n) is 11.7. The van der Waals surface area contributed by atoms with Gasteiger partial charge in [-0.05, 0) is 34.6 Å². The van der Waals surface area contributed by atoms with E-state index in [0.717, 1.165) is 27.2 Å². The molecule has 3 aromatic rings. The predicted octanol–water partition coefficient (Wildman–Crippen LogP) is 4.29. The molecular weight excluding hydrogens is 611 g/mol. The minimum absolute atomic E-state index is 0.0249. The van der Waals surface area contributed by atoms with Crippen molar-refractivity contribution < 1.29 is 23.6 Å². The van der Waals surface area contributed by atoms with Gasteiger partial charge < -0.3 is 4.74 Å². The van der Waals surface area contributed by atoms with E-state index in [0.29, 0.717) is 30.8 Å². The van der Waals surface area contributed by atoms with E-state index < -0.39 is 24.0 Å². The molecule has 3 N–H and O–H groups in total. The number of amides is 1. The maximum absolute atomic E-state index is 12.7. The fourth-order valence-corrected chi connectivity index (χ4v) is 11.4. The van der Waals surface area contributed by atoms with Crippen molar-refractivity contribution in [1.29, 1.82) is 0 Å². The second-order valence-corrected chi connectivity index (χ2v) is 27.2. The summed E-state index contributed by atoms with van der Waals surface area (Å²) in [5, 5.41) is 0.738. The number of rotatable bonds is 8. The third-order valence-corrected chi connectivity index (χ3v) is 13.3. The number of carbonyl (C=O) groups excluding carboxylic acids is 1. The number of anilines is 1. The molecule has 1 aliphatic heterocycles. The Morgan fingerprint density at radius 1 is 1.26 bits per heavy atom. The SMILES string of the molecule is CC(C)N(CCC[n+]1cnc(N)c2[nH]c(Sc3cc4c(c[c]3[Sn]([CH3])([CH3])[CH3])OCO4)nc21)C(=O)OC(C)(C)C. The van der Waals surface area contributed by atoms with E-state index in [1.54, 1.807) is 23.0 Å². The molecule has 0 saturated heterocycles. The molecule has 0 atom stereocenters. The first-order chi connectivity index (χ1) is 17.7. The number of aromatic nitrogens is 4. The molecule has 10 nitrogen and oxygen atoms in total. The molecule has 1 amide bonds. The maximum atomic E-state index is 12.7. The van der Waals surface area contributed by atoms with Gasteiger partial charge in [-0.2, -0.15) is 0 Å². The van der Waals surface area contributed by atoms with Crippen LogP contribution in [0.2, 0.25) is 14.8 Å². The molecule has 1 aliphatic rings. The molecule has 12 heteroatoms. The minimum Gasteiger partial charge on any atom is -0.444 e. The van der Waals surface area contributed by atoms with E-state index >= 15 is 0 Å². The number of aryl methyl sites for hydroxylation is 1. The van der Waals surface area contributed by atoms with Crippen LogP contribution in [0.3, 0.4) is 0 Å². The summed E-state index contributed by atoms with van der Waals surface area (Å²) in [5.41, 5.74) is 7.11. The molecule has 0 saturated carbocycles. The number of H-pyrrole nitrogens is 1. The summed E-state index contributed by atoms with van der Waals surface area (Å²) < 4.78 is 20.2. The fraction of sp³-hybridized carbons (Fsp3) is 0.538. The Labute approximate surface area is 232 Å². The van der Waals surface area contributed by atoms with Crippen LogP contribution in [-0.4, -0.2) is 69.3 Å². The van der Waals surface area contributed by atoms with Crippen molar-refractivity contribution in [2.75, 3.05) is 19.1 Å². The quantitative estimate of drug-likeness (QED) is 0.274. The summed E-state index contributed by atoms with van der Waals surface area (Å²) in [6.07, 6.45) is 2.11. The molecule has 0 fully saturated rings. The molecule has 0 radical (unpaired) electrons. The van der Waals surface area contributed by atoms with Crippen LogP contribution in [-0.2, 0) is 11.3 Å². The van der Waals surface area contributed by atoms with Crippen molar-refractivity contribution in [2.45, 2.75) is 84.1 Å². The van der Waals surface area contributed by atoms with Crippen molar-refractivity contribution in [3.05, 3.63) is 18.5 Å². The van der Waals surface area contributed by atoms with E-state index in [2.05, 4.69) is 36.9 Å². The minimum atomic E-state index is -2.49. The van der Waals surface area contributed by atoms with Crippen LogP contribution in [0.1, 0.15) is 41.0 Å². The van der Waals surface area contributed by atoms with Gasteiger partial charge in [-0.15, -0.1) is 0 Å². The number of hydrogen-bond acceptors (Lipinski definition) is 8. The molecule has 1 aromatic carbocycles. The third-order valence-electron chi connectivity index (χ3n) is 6.07. The number of nitrogens with zero attached hydrogens (tertiary/aromatic N) is 4. The van der Waals surface area contributed by atoms with Crippen LogP contribution in [0.15, 0.2) is 28.5 Å².